The third kappa shape index (κ3) is 3.66. The number of esters is 1. The minimum Gasteiger partial charge on any atom is -0.462 e. The lowest BCUT2D eigenvalue weighted by atomic mass is 10.1. The number of hydrogen-bond acceptors (Lipinski definition) is 4. The quantitative estimate of drug-likeness (QED) is 0.586. The summed E-state index contributed by atoms with van der Waals surface area (Å²) in [5.74, 6) is -0.386. The highest BCUT2D eigenvalue weighted by atomic mass is 79.9. The van der Waals surface area contributed by atoms with Crippen molar-refractivity contribution >= 4 is 44.2 Å². The average molecular weight is 399 g/mol. The van der Waals surface area contributed by atoms with E-state index < -0.39 is 0 Å². The van der Waals surface area contributed by atoms with Gasteiger partial charge in [0, 0.05) is 21.7 Å². The van der Waals surface area contributed by atoms with Crippen molar-refractivity contribution in [1.29, 1.82) is 0 Å². The zero-order valence-corrected chi connectivity index (χ0v) is 16.0. The predicted octanol–water partition coefficient (Wildman–Crippen LogP) is 5.53. The Hall–Kier alpha value is -2.40. The SMILES string of the molecule is CCOC(=O)c1cnc2ccc(Br)cc2c1Nc1ccc(C)c(C)c1. The minimum absolute atomic E-state index is 0.318. The highest BCUT2D eigenvalue weighted by Gasteiger charge is 2.17. The fourth-order valence-corrected chi connectivity index (χ4v) is 2.99. The van der Waals surface area contributed by atoms with Crippen molar-refractivity contribution in [3.63, 3.8) is 0 Å². The molecule has 1 aromatic heterocycles. The van der Waals surface area contributed by atoms with Crippen LogP contribution in [0.25, 0.3) is 10.9 Å². The van der Waals surface area contributed by atoms with Crippen LogP contribution >= 0.6 is 15.9 Å². The van der Waals surface area contributed by atoms with Gasteiger partial charge in [-0.05, 0) is 62.2 Å². The lowest BCUT2D eigenvalue weighted by molar-refractivity contribution is 0.0527. The summed E-state index contributed by atoms with van der Waals surface area (Å²) in [6.45, 7) is 6.24. The Morgan fingerprint density at radius 3 is 2.68 bits per heavy atom. The summed E-state index contributed by atoms with van der Waals surface area (Å²) < 4.78 is 6.12. The van der Waals surface area contributed by atoms with Crippen LogP contribution in [0.1, 0.15) is 28.4 Å². The number of ether oxygens (including phenoxy) is 1. The number of nitrogens with one attached hydrogen (secondary N) is 1. The summed E-state index contributed by atoms with van der Waals surface area (Å²) in [5.41, 5.74) is 5.25. The predicted molar refractivity (Wildman–Crippen MR) is 105 cm³/mol. The van der Waals surface area contributed by atoms with Gasteiger partial charge in [0.1, 0.15) is 5.56 Å². The molecule has 4 nitrogen and oxygen atoms in total. The fourth-order valence-electron chi connectivity index (χ4n) is 2.63. The van der Waals surface area contributed by atoms with E-state index >= 15 is 0 Å². The average Bonchev–Trinajstić information content (AvgIpc) is 2.58. The van der Waals surface area contributed by atoms with Gasteiger partial charge < -0.3 is 10.1 Å². The minimum atomic E-state index is -0.386. The van der Waals surface area contributed by atoms with E-state index in [0.717, 1.165) is 21.1 Å². The lowest BCUT2D eigenvalue weighted by Crippen LogP contribution is -2.09. The van der Waals surface area contributed by atoms with Crippen LogP contribution in [0.4, 0.5) is 11.4 Å². The second-order valence-electron chi connectivity index (χ2n) is 5.85. The molecule has 3 rings (SSSR count). The van der Waals surface area contributed by atoms with E-state index in [4.69, 9.17) is 4.74 Å². The molecule has 0 saturated heterocycles. The number of benzene rings is 2. The molecule has 3 aromatic rings. The number of carbonyl (C=O) groups is 1. The third-order valence-electron chi connectivity index (χ3n) is 4.10. The fraction of sp³-hybridized carbons (Fsp3) is 0.200. The summed E-state index contributed by atoms with van der Waals surface area (Å²) >= 11 is 3.49. The normalized spacial score (nSPS) is 10.7. The van der Waals surface area contributed by atoms with Gasteiger partial charge in [-0.3, -0.25) is 4.98 Å². The Labute approximate surface area is 155 Å². The standard InChI is InChI=1S/C20H19BrN2O2/c1-4-25-20(24)17-11-22-18-8-6-14(21)10-16(18)19(17)23-15-7-5-12(2)13(3)9-15/h5-11H,4H2,1-3H3,(H,22,23). The van der Waals surface area contributed by atoms with Crippen LogP contribution in [0, 0.1) is 13.8 Å². The van der Waals surface area contributed by atoms with Crippen LogP contribution in [0.15, 0.2) is 47.1 Å². The van der Waals surface area contributed by atoms with Crippen LogP contribution in [-0.2, 0) is 4.74 Å². The number of carbonyl (C=O) groups excluding carboxylic acids is 1. The van der Waals surface area contributed by atoms with Gasteiger partial charge in [-0.1, -0.05) is 22.0 Å². The molecule has 0 radical (unpaired) electrons. The highest BCUT2D eigenvalue weighted by Crippen LogP contribution is 2.32. The maximum Gasteiger partial charge on any atom is 0.341 e. The number of aromatic nitrogens is 1. The van der Waals surface area contributed by atoms with Crippen LogP contribution in [0.3, 0.4) is 0 Å². The Bertz CT molecular complexity index is 954. The molecule has 0 spiro atoms. The smallest absolute Gasteiger partial charge is 0.341 e. The van der Waals surface area contributed by atoms with Crippen molar-refractivity contribution in [3.05, 3.63) is 63.8 Å². The van der Waals surface area contributed by atoms with Crippen LogP contribution in [0.2, 0.25) is 0 Å². The van der Waals surface area contributed by atoms with Crippen molar-refractivity contribution < 1.29 is 9.53 Å². The van der Waals surface area contributed by atoms with E-state index in [2.05, 4.69) is 52.2 Å². The molecular formula is C20H19BrN2O2. The molecule has 0 saturated carbocycles. The number of hydrogen-bond donors (Lipinski definition) is 1. The number of rotatable bonds is 4. The van der Waals surface area contributed by atoms with E-state index in [1.807, 2.05) is 24.3 Å². The second-order valence-corrected chi connectivity index (χ2v) is 6.77. The van der Waals surface area contributed by atoms with E-state index in [9.17, 15) is 4.79 Å². The number of nitrogens with zero attached hydrogens (tertiary/aromatic N) is 1. The first-order valence-corrected chi connectivity index (χ1v) is 8.88. The zero-order valence-electron chi connectivity index (χ0n) is 14.4. The van der Waals surface area contributed by atoms with Gasteiger partial charge >= 0.3 is 5.97 Å². The van der Waals surface area contributed by atoms with Gasteiger partial charge in [-0.15, -0.1) is 0 Å². The first-order valence-electron chi connectivity index (χ1n) is 8.09. The van der Waals surface area contributed by atoms with E-state index in [0.29, 0.717) is 17.9 Å². The summed E-state index contributed by atoms with van der Waals surface area (Å²) in [6.07, 6.45) is 1.57. The lowest BCUT2D eigenvalue weighted by Gasteiger charge is -2.15. The van der Waals surface area contributed by atoms with E-state index in [1.54, 1.807) is 13.1 Å². The Morgan fingerprint density at radius 2 is 1.96 bits per heavy atom. The van der Waals surface area contributed by atoms with Gasteiger partial charge in [0.05, 0.1) is 17.8 Å². The molecule has 5 heteroatoms. The number of pyridine rings is 1. The first kappa shape index (κ1) is 17.4. The Kier molecular flexibility index (Phi) is 5.04. The number of halogens is 1. The molecule has 25 heavy (non-hydrogen) atoms. The molecule has 0 aliphatic rings. The molecule has 0 aliphatic heterocycles. The molecule has 0 fully saturated rings. The molecule has 0 unspecified atom stereocenters. The monoisotopic (exact) mass is 398 g/mol. The van der Waals surface area contributed by atoms with Crippen molar-refractivity contribution in [1.82, 2.24) is 4.98 Å². The van der Waals surface area contributed by atoms with E-state index in [-0.39, 0.29) is 5.97 Å². The van der Waals surface area contributed by atoms with Crippen LogP contribution in [0.5, 0.6) is 0 Å². The molecule has 0 amide bonds. The maximum absolute atomic E-state index is 12.4. The number of fused-ring (bicyclic) bond motifs is 1. The summed E-state index contributed by atoms with van der Waals surface area (Å²) in [4.78, 5) is 16.8. The zero-order chi connectivity index (χ0) is 18.0. The largest absolute Gasteiger partial charge is 0.462 e. The molecule has 2 aromatic carbocycles. The summed E-state index contributed by atoms with van der Waals surface area (Å²) in [6, 6.07) is 11.9. The van der Waals surface area contributed by atoms with E-state index in [1.165, 1.54) is 11.1 Å². The Balaban J connectivity index is 2.17. The second kappa shape index (κ2) is 7.23. The number of anilines is 2. The van der Waals surface area contributed by atoms with Gasteiger partial charge in [-0.25, -0.2) is 4.79 Å². The Morgan fingerprint density at radius 1 is 1.16 bits per heavy atom. The first-order chi connectivity index (χ1) is 12.0. The summed E-state index contributed by atoms with van der Waals surface area (Å²) in [7, 11) is 0. The van der Waals surface area contributed by atoms with Crippen molar-refractivity contribution in [2.75, 3.05) is 11.9 Å². The molecule has 0 bridgehead atoms. The highest BCUT2D eigenvalue weighted by molar-refractivity contribution is 9.10. The molecule has 128 valence electrons. The van der Waals surface area contributed by atoms with Gasteiger partial charge in [0.25, 0.3) is 0 Å². The maximum atomic E-state index is 12.4. The van der Waals surface area contributed by atoms with Gasteiger partial charge in [0.15, 0.2) is 0 Å². The molecule has 1 N–H and O–H groups in total. The topological polar surface area (TPSA) is 51.2 Å². The number of aryl methyl sites for hydroxylation is 2. The van der Waals surface area contributed by atoms with Crippen molar-refractivity contribution in [2.24, 2.45) is 0 Å². The third-order valence-corrected chi connectivity index (χ3v) is 4.59. The van der Waals surface area contributed by atoms with Gasteiger partial charge in [0.2, 0.25) is 0 Å². The van der Waals surface area contributed by atoms with Crippen molar-refractivity contribution in [3.8, 4) is 0 Å². The molecule has 0 atom stereocenters. The van der Waals surface area contributed by atoms with Crippen LogP contribution in [-0.4, -0.2) is 17.6 Å². The molecule has 0 aliphatic carbocycles. The molecular weight excluding hydrogens is 380 g/mol. The van der Waals surface area contributed by atoms with Gasteiger partial charge in [-0.2, -0.15) is 0 Å². The van der Waals surface area contributed by atoms with Crippen LogP contribution < -0.4 is 5.32 Å². The summed E-state index contributed by atoms with van der Waals surface area (Å²) in [5, 5.41) is 4.25. The van der Waals surface area contributed by atoms with Crippen molar-refractivity contribution in [2.45, 2.75) is 20.8 Å². The molecule has 1 heterocycles.